The normalized spacial score (nSPS) is 11.8. The van der Waals surface area contributed by atoms with Crippen molar-refractivity contribution in [1.29, 1.82) is 0 Å². The maximum Gasteiger partial charge on any atom is 0.433 e. The number of rotatable bonds is 4. The Morgan fingerprint density at radius 1 is 1.12 bits per heavy atom. The number of nitrogens with one attached hydrogen (secondary N) is 1. The van der Waals surface area contributed by atoms with Crippen molar-refractivity contribution < 1.29 is 17.9 Å². The lowest BCUT2D eigenvalue weighted by Crippen LogP contribution is -2.33. The summed E-state index contributed by atoms with van der Waals surface area (Å²) in [6.45, 7) is 1.16. The maximum atomic E-state index is 13.3. The van der Waals surface area contributed by atoms with Gasteiger partial charge in [-0.05, 0) is 36.2 Å². The van der Waals surface area contributed by atoms with E-state index < -0.39 is 23.1 Å². The number of nitrogens with zero attached hydrogens (tertiary/aromatic N) is 4. The Morgan fingerprint density at radius 2 is 1.81 bits per heavy atom. The molecule has 0 unspecified atom stereocenters. The largest absolute Gasteiger partial charge is 0.490 e. The van der Waals surface area contributed by atoms with Gasteiger partial charge in [-0.2, -0.15) is 22.8 Å². The van der Waals surface area contributed by atoms with Crippen LogP contribution in [0.2, 0.25) is 5.02 Å². The van der Waals surface area contributed by atoms with Gasteiger partial charge in [0.1, 0.15) is 5.69 Å². The number of hydrogen-bond acceptors (Lipinski definition) is 5. The summed E-state index contributed by atoms with van der Waals surface area (Å²) in [5.41, 5.74) is -1.13. The highest BCUT2D eigenvalue weighted by Gasteiger charge is 2.32. The zero-order chi connectivity index (χ0) is 23.2. The number of pyridine rings is 1. The van der Waals surface area contributed by atoms with E-state index in [1.54, 1.807) is 24.3 Å². The van der Waals surface area contributed by atoms with Crippen LogP contribution in [-0.4, -0.2) is 31.5 Å². The van der Waals surface area contributed by atoms with E-state index in [1.165, 1.54) is 20.1 Å². The van der Waals surface area contributed by atoms with E-state index in [1.807, 2.05) is 0 Å². The molecule has 0 radical (unpaired) electrons. The van der Waals surface area contributed by atoms with Crippen molar-refractivity contribution in [2.75, 3.05) is 7.11 Å². The van der Waals surface area contributed by atoms with Crippen molar-refractivity contribution in [3.63, 3.8) is 0 Å². The van der Waals surface area contributed by atoms with Crippen LogP contribution in [0.25, 0.3) is 16.8 Å². The van der Waals surface area contributed by atoms with E-state index >= 15 is 0 Å². The van der Waals surface area contributed by atoms with Gasteiger partial charge in [0.25, 0.3) is 0 Å². The number of benzene rings is 1. The van der Waals surface area contributed by atoms with Crippen LogP contribution in [0.3, 0.4) is 0 Å². The van der Waals surface area contributed by atoms with Crippen molar-refractivity contribution in [1.82, 2.24) is 24.4 Å². The Labute approximate surface area is 182 Å². The minimum Gasteiger partial charge on any atom is -0.490 e. The Kier molecular flexibility index (Phi) is 5.29. The van der Waals surface area contributed by atoms with Crippen molar-refractivity contribution >= 4 is 17.2 Å². The Morgan fingerprint density at radius 3 is 2.41 bits per heavy atom. The number of fused-ring (bicyclic) bond motifs is 1. The minimum atomic E-state index is -4.60. The fourth-order valence-corrected chi connectivity index (χ4v) is 3.50. The monoisotopic (exact) mass is 465 g/mol. The van der Waals surface area contributed by atoms with Crippen molar-refractivity contribution in [3.8, 4) is 16.9 Å². The van der Waals surface area contributed by atoms with Gasteiger partial charge in [-0.25, -0.2) is 19.6 Å². The van der Waals surface area contributed by atoms with Gasteiger partial charge in [0.05, 0.1) is 19.2 Å². The lowest BCUT2D eigenvalue weighted by Gasteiger charge is -2.16. The summed E-state index contributed by atoms with van der Waals surface area (Å²) in [6.07, 6.45) is -4.60. The highest BCUT2D eigenvalue weighted by molar-refractivity contribution is 6.30. The zero-order valence-electron chi connectivity index (χ0n) is 16.7. The van der Waals surface area contributed by atoms with Gasteiger partial charge in [0.2, 0.25) is 0 Å². The molecule has 32 heavy (non-hydrogen) atoms. The zero-order valence-corrected chi connectivity index (χ0v) is 17.5. The molecule has 0 aliphatic rings. The summed E-state index contributed by atoms with van der Waals surface area (Å²) >= 11 is 5.95. The third-order valence-corrected chi connectivity index (χ3v) is 5.17. The number of aryl methyl sites for hydroxylation is 1. The average molecular weight is 466 g/mol. The van der Waals surface area contributed by atoms with E-state index in [0.717, 1.165) is 15.3 Å². The molecule has 166 valence electrons. The van der Waals surface area contributed by atoms with E-state index in [-0.39, 0.29) is 29.2 Å². The first-order valence-electron chi connectivity index (χ1n) is 9.19. The van der Waals surface area contributed by atoms with Crippen LogP contribution in [0.1, 0.15) is 17.0 Å². The highest BCUT2D eigenvalue weighted by Crippen LogP contribution is 2.31. The molecule has 0 atom stereocenters. The van der Waals surface area contributed by atoms with Crippen LogP contribution >= 0.6 is 11.6 Å². The molecule has 0 aliphatic carbocycles. The summed E-state index contributed by atoms with van der Waals surface area (Å²) in [5.74, 6) is -0.0867. The fraction of sp³-hybridized carbons (Fsp3) is 0.200. The molecule has 0 aliphatic heterocycles. The van der Waals surface area contributed by atoms with Crippen LogP contribution in [-0.2, 0) is 12.7 Å². The molecule has 8 nitrogen and oxygen atoms in total. The molecule has 0 saturated carbocycles. The maximum absolute atomic E-state index is 13.3. The molecule has 0 fully saturated rings. The average Bonchev–Trinajstić information content (AvgIpc) is 3.12. The topological polar surface area (TPSA) is 94.3 Å². The van der Waals surface area contributed by atoms with Gasteiger partial charge in [0.15, 0.2) is 11.4 Å². The summed E-state index contributed by atoms with van der Waals surface area (Å²) in [7, 11) is 1.30. The first kappa shape index (κ1) is 21.6. The number of alkyl halides is 3. The molecular weight excluding hydrogens is 451 g/mol. The third-order valence-electron chi connectivity index (χ3n) is 4.91. The van der Waals surface area contributed by atoms with Gasteiger partial charge in [-0.3, -0.25) is 4.79 Å². The predicted molar refractivity (Wildman–Crippen MR) is 110 cm³/mol. The lowest BCUT2D eigenvalue weighted by molar-refractivity contribution is -0.141. The van der Waals surface area contributed by atoms with Crippen molar-refractivity contribution in [2.24, 2.45) is 0 Å². The van der Waals surface area contributed by atoms with Crippen LogP contribution < -0.4 is 16.0 Å². The van der Waals surface area contributed by atoms with Crippen molar-refractivity contribution in [2.45, 2.75) is 19.6 Å². The van der Waals surface area contributed by atoms with Gasteiger partial charge in [-0.15, -0.1) is 0 Å². The first-order valence-corrected chi connectivity index (χ1v) is 9.57. The molecule has 0 amide bonds. The molecule has 3 heterocycles. The van der Waals surface area contributed by atoms with Crippen LogP contribution in [0.4, 0.5) is 13.2 Å². The molecular formula is C20H15ClF3N5O3. The summed E-state index contributed by atoms with van der Waals surface area (Å²) in [4.78, 5) is 29.4. The molecule has 12 heteroatoms. The number of halogens is 4. The number of methoxy groups -OCH3 is 1. The second-order valence-corrected chi connectivity index (χ2v) is 7.32. The molecule has 3 aromatic heterocycles. The molecule has 0 bridgehead atoms. The Balaban J connectivity index is 1.94. The van der Waals surface area contributed by atoms with E-state index in [0.29, 0.717) is 16.1 Å². The van der Waals surface area contributed by atoms with Crippen LogP contribution in [0.15, 0.2) is 46.0 Å². The highest BCUT2D eigenvalue weighted by atomic mass is 35.5. The SMILES string of the molecule is COc1c(-c2ccc(Cl)cc2)c2n[nH]c(=O)n2n(Cc2ccc(C(F)(F)F)nc2C)c1=O. The van der Waals surface area contributed by atoms with Gasteiger partial charge >= 0.3 is 17.4 Å². The quantitative estimate of drug-likeness (QED) is 0.499. The second kappa shape index (κ2) is 7.83. The summed E-state index contributed by atoms with van der Waals surface area (Å²) in [5, 5.41) is 6.80. The first-order chi connectivity index (χ1) is 15.1. The smallest absolute Gasteiger partial charge is 0.433 e. The molecule has 0 saturated heterocycles. The molecule has 4 rings (SSSR count). The minimum absolute atomic E-state index is 0.0668. The number of aromatic amines is 1. The lowest BCUT2D eigenvalue weighted by atomic mass is 10.1. The van der Waals surface area contributed by atoms with E-state index in [4.69, 9.17) is 16.3 Å². The number of hydrogen-bond donors (Lipinski definition) is 1. The summed E-state index contributed by atoms with van der Waals surface area (Å²) < 4.78 is 46.2. The van der Waals surface area contributed by atoms with Crippen LogP contribution in [0.5, 0.6) is 5.75 Å². The summed E-state index contributed by atoms with van der Waals surface area (Å²) in [6, 6.07) is 8.55. The standard InChI is InChI=1S/C20H15ClF3N5O3/c1-10-12(5-8-14(25-10)20(22,23)24)9-28-18(30)16(32-2)15(11-3-6-13(21)7-4-11)17-26-27-19(31)29(17)28/h3-8H,9H2,1-2H3,(H,27,31). The van der Waals surface area contributed by atoms with Gasteiger partial charge in [0, 0.05) is 10.7 Å². The Hall–Kier alpha value is -3.60. The van der Waals surface area contributed by atoms with Gasteiger partial charge < -0.3 is 4.74 Å². The van der Waals surface area contributed by atoms with Crippen LogP contribution in [0, 0.1) is 6.92 Å². The predicted octanol–water partition coefficient (Wildman–Crippen LogP) is 3.28. The fourth-order valence-electron chi connectivity index (χ4n) is 3.38. The Bertz CT molecular complexity index is 1440. The molecule has 1 N–H and O–H groups in total. The van der Waals surface area contributed by atoms with E-state index in [9.17, 15) is 22.8 Å². The molecule has 1 aromatic carbocycles. The second-order valence-electron chi connectivity index (χ2n) is 6.88. The number of ether oxygens (including phenoxy) is 1. The molecule has 4 aromatic rings. The van der Waals surface area contributed by atoms with E-state index in [2.05, 4.69) is 15.2 Å². The number of aromatic nitrogens is 5. The third kappa shape index (κ3) is 3.64. The number of H-pyrrole nitrogens is 1. The molecule has 0 spiro atoms. The van der Waals surface area contributed by atoms with Gasteiger partial charge in [-0.1, -0.05) is 29.8 Å². The van der Waals surface area contributed by atoms with Crippen molar-refractivity contribution in [3.05, 3.63) is 79.2 Å².